The Balaban J connectivity index is 0.000000361. The summed E-state index contributed by atoms with van der Waals surface area (Å²) in [5.41, 5.74) is 1.37. The number of aryl methyl sites for hydroxylation is 1. The summed E-state index contributed by atoms with van der Waals surface area (Å²) in [6.45, 7) is 6.56. The Kier molecular flexibility index (Phi) is 6.43. The van der Waals surface area contributed by atoms with Crippen molar-refractivity contribution in [1.29, 1.82) is 0 Å². The Labute approximate surface area is 128 Å². The highest BCUT2D eigenvalue weighted by Crippen LogP contribution is 2.30. The van der Waals surface area contributed by atoms with Crippen LogP contribution in [0.15, 0.2) is 12.4 Å². The molecule has 1 aromatic rings. The number of aldehydes is 1. The van der Waals surface area contributed by atoms with Crippen molar-refractivity contribution in [2.75, 3.05) is 13.1 Å². The Morgan fingerprint density at radius 3 is 2.29 bits per heavy atom. The van der Waals surface area contributed by atoms with Gasteiger partial charge in [-0.15, -0.1) is 0 Å². The standard InChI is InChI=1S/C14H23N3.C3H6O/c1-2-12-10-15-17(11-12)14-6-8-16(9-7-14)13-4-3-5-13;1-2-3-4/h10-11,13-14H,2-9H2,1H3;3H,2H2,1H3. The summed E-state index contributed by atoms with van der Waals surface area (Å²) < 4.78 is 2.21. The quantitative estimate of drug-likeness (QED) is 0.799. The van der Waals surface area contributed by atoms with Gasteiger partial charge >= 0.3 is 0 Å². The van der Waals surface area contributed by atoms with Crippen molar-refractivity contribution < 1.29 is 4.79 Å². The van der Waals surface area contributed by atoms with E-state index in [0.29, 0.717) is 12.5 Å². The molecule has 21 heavy (non-hydrogen) atoms. The molecule has 0 bridgehead atoms. The first-order valence-corrected chi connectivity index (χ1v) is 8.49. The van der Waals surface area contributed by atoms with Gasteiger partial charge in [0.25, 0.3) is 0 Å². The Morgan fingerprint density at radius 2 is 1.86 bits per heavy atom. The third-order valence-electron chi connectivity index (χ3n) is 4.69. The van der Waals surface area contributed by atoms with E-state index in [2.05, 4.69) is 27.8 Å². The fourth-order valence-electron chi connectivity index (χ4n) is 3.03. The van der Waals surface area contributed by atoms with Gasteiger partial charge in [0.05, 0.1) is 12.2 Å². The highest BCUT2D eigenvalue weighted by atomic mass is 16.1. The van der Waals surface area contributed by atoms with E-state index in [-0.39, 0.29) is 0 Å². The molecular weight excluding hydrogens is 262 g/mol. The summed E-state index contributed by atoms with van der Waals surface area (Å²) in [4.78, 5) is 11.9. The topological polar surface area (TPSA) is 38.1 Å². The molecule has 0 radical (unpaired) electrons. The molecule has 1 aromatic heterocycles. The van der Waals surface area contributed by atoms with Crippen LogP contribution in [0.1, 0.15) is 64.0 Å². The van der Waals surface area contributed by atoms with Gasteiger partial charge in [0, 0.05) is 31.7 Å². The van der Waals surface area contributed by atoms with Gasteiger partial charge in [-0.2, -0.15) is 5.10 Å². The van der Waals surface area contributed by atoms with Crippen molar-refractivity contribution in [3.8, 4) is 0 Å². The summed E-state index contributed by atoms with van der Waals surface area (Å²) in [6.07, 6.45) is 13.8. The zero-order chi connectivity index (χ0) is 15.1. The van der Waals surface area contributed by atoms with Crippen LogP contribution in [0.2, 0.25) is 0 Å². The lowest BCUT2D eigenvalue weighted by Crippen LogP contribution is -2.45. The van der Waals surface area contributed by atoms with Gasteiger partial charge in [0.2, 0.25) is 0 Å². The summed E-state index contributed by atoms with van der Waals surface area (Å²) >= 11 is 0. The van der Waals surface area contributed by atoms with Crippen LogP contribution in [0.25, 0.3) is 0 Å². The van der Waals surface area contributed by atoms with Crippen LogP contribution in [0.4, 0.5) is 0 Å². The number of hydrogen-bond acceptors (Lipinski definition) is 3. The predicted octanol–water partition coefficient (Wildman–Crippen LogP) is 3.23. The highest BCUT2D eigenvalue weighted by molar-refractivity contribution is 5.48. The predicted molar refractivity (Wildman–Crippen MR) is 85.4 cm³/mol. The first-order chi connectivity index (χ1) is 10.3. The lowest BCUT2D eigenvalue weighted by molar-refractivity contribution is -0.107. The van der Waals surface area contributed by atoms with Crippen LogP contribution in [-0.4, -0.2) is 40.1 Å². The summed E-state index contributed by atoms with van der Waals surface area (Å²) in [5, 5.41) is 4.51. The normalized spacial score (nSPS) is 20.5. The van der Waals surface area contributed by atoms with Gasteiger partial charge in [-0.1, -0.05) is 20.3 Å². The third-order valence-corrected chi connectivity index (χ3v) is 4.69. The lowest BCUT2D eigenvalue weighted by Gasteiger charge is -2.41. The van der Waals surface area contributed by atoms with Crippen LogP contribution >= 0.6 is 0 Å². The Bertz CT molecular complexity index is 417. The fraction of sp³-hybridized carbons (Fsp3) is 0.765. The first-order valence-electron chi connectivity index (χ1n) is 8.49. The molecule has 0 spiro atoms. The van der Waals surface area contributed by atoms with E-state index in [9.17, 15) is 4.79 Å². The molecule has 4 nitrogen and oxygen atoms in total. The molecule has 1 saturated carbocycles. The van der Waals surface area contributed by atoms with Crippen molar-refractivity contribution in [2.24, 2.45) is 0 Å². The Hall–Kier alpha value is -1.16. The van der Waals surface area contributed by atoms with E-state index in [1.54, 1.807) is 0 Å². The number of nitrogens with zero attached hydrogens (tertiary/aromatic N) is 3. The van der Waals surface area contributed by atoms with Crippen LogP contribution < -0.4 is 0 Å². The van der Waals surface area contributed by atoms with Gasteiger partial charge in [-0.05, 0) is 37.7 Å². The SMILES string of the molecule is CCC=O.CCc1cnn(C2CCN(C3CCC3)CC2)c1. The van der Waals surface area contributed by atoms with E-state index in [1.807, 2.05) is 13.1 Å². The number of carbonyl (C=O) groups excluding carboxylic acids is 1. The number of likely N-dealkylation sites (tertiary alicyclic amines) is 1. The van der Waals surface area contributed by atoms with E-state index < -0.39 is 0 Å². The molecule has 118 valence electrons. The molecule has 4 heteroatoms. The molecule has 0 atom stereocenters. The zero-order valence-electron chi connectivity index (χ0n) is 13.5. The van der Waals surface area contributed by atoms with Crippen LogP contribution in [0.3, 0.4) is 0 Å². The highest BCUT2D eigenvalue weighted by Gasteiger charge is 2.29. The molecule has 1 aliphatic heterocycles. The van der Waals surface area contributed by atoms with Gasteiger partial charge in [-0.25, -0.2) is 0 Å². The smallest absolute Gasteiger partial charge is 0.119 e. The molecule has 0 N–H and O–H groups in total. The van der Waals surface area contributed by atoms with Crippen molar-refractivity contribution in [3.63, 3.8) is 0 Å². The average Bonchev–Trinajstić information content (AvgIpc) is 2.95. The average molecular weight is 291 g/mol. The maximum atomic E-state index is 9.17. The first kappa shape index (κ1) is 16.2. The number of hydrogen-bond donors (Lipinski definition) is 0. The van der Waals surface area contributed by atoms with E-state index in [1.165, 1.54) is 50.8 Å². The molecule has 1 saturated heterocycles. The van der Waals surface area contributed by atoms with Crippen molar-refractivity contribution in [1.82, 2.24) is 14.7 Å². The fourth-order valence-corrected chi connectivity index (χ4v) is 3.03. The van der Waals surface area contributed by atoms with Crippen LogP contribution in [-0.2, 0) is 11.2 Å². The molecule has 0 amide bonds. The summed E-state index contributed by atoms with van der Waals surface area (Å²) in [6, 6.07) is 1.56. The number of rotatable bonds is 4. The second kappa shape index (κ2) is 8.32. The van der Waals surface area contributed by atoms with Crippen molar-refractivity contribution in [2.45, 2.75) is 70.9 Å². The third kappa shape index (κ3) is 4.40. The van der Waals surface area contributed by atoms with Crippen LogP contribution in [0, 0.1) is 0 Å². The summed E-state index contributed by atoms with van der Waals surface area (Å²) in [7, 11) is 0. The minimum absolute atomic E-state index is 0.639. The number of carbonyl (C=O) groups is 1. The van der Waals surface area contributed by atoms with Gasteiger partial charge in [0.1, 0.15) is 6.29 Å². The van der Waals surface area contributed by atoms with Crippen molar-refractivity contribution in [3.05, 3.63) is 18.0 Å². The Morgan fingerprint density at radius 1 is 1.19 bits per heavy atom. The monoisotopic (exact) mass is 291 g/mol. The zero-order valence-corrected chi connectivity index (χ0v) is 13.5. The molecule has 0 aromatic carbocycles. The largest absolute Gasteiger partial charge is 0.303 e. The number of piperidine rings is 1. The van der Waals surface area contributed by atoms with Gasteiger partial charge < -0.3 is 9.69 Å². The molecule has 2 heterocycles. The maximum Gasteiger partial charge on any atom is 0.119 e. The van der Waals surface area contributed by atoms with Gasteiger partial charge in [-0.3, -0.25) is 4.68 Å². The second-order valence-electron chi connectivity index (χ2n) is 6.11. The second-order valence-corrected chi connectivity index (χ2v) is 6.11. The van der Waals surface area contributed by atoms with Crippen molar-refractivity contribution >= 4 is 6.29 Å². The van der Waals surface area contributed by atoms with E-state index >= 15 is 0 Å². The molecule has 1 aliphatic carbocycles. The number of aromatic nitrogens is 2. The lowest BCUT2D eigenvalue weighted by atomic mass is 9.89. The van der Waals surface area contributed by atoms with E-state index in [0.717, 1.165) is 18.7 Å². The molecule has 3 rings (SSSR count). The molecule has 0 unspecified atom stereocenters. The van der Waals surface area contributed by atoms with Crippen LogP contribution in [0.5, 0.6) is 0 Å². The van der Waals surface area contributed by atoms with E-state index in [4.69, 9.17) is 0 Å². The molecule has 2 aliphatic rings. The maximum absolute atomic E-state index is 9.17. The minimum Gasteiger partial charge on any atom is -0.303 e. The molecule has 2 fully saturated rings. The summed E-state index contributed by atoms with van der Waals surface area (Å²) in [5.74, 6) is 0. The molecular formula is C17H29N3O. The minimum atomic E-state index is 0.639. The van der Waals surface area contributed by atoms with Gasteiger partial charge in [0.15, 0.2) is 0 Å².